The second-order valence-corrected chi connectivity index (χ2v) is 26.2. The van der Waals surface area contributed by atoms with Crippen LogP contribution in [-0.4, -0.2) is 23.4 Å². The van der Waals surface area contributed by atoms with Crippen LogP contribution >= 0.6 is 47.0 Å². The van der Waals surface area contributed by atoms with Gasteiger partial charge in [-0.1, -0.05) is 208 Å². The van der Waals surface area contributed by atoms with Crippen molar-refractivity contribution >= 4 is 47.0 Å². The normalized spacial score (nSPS) is 13.6. The first kappa shape index (κ1) is 52.4. The van der Waals surface area contributed by atoms with E-state index in [4.69, 9.17) is 9.47 Å². The number of fused-ring (bicyclic) bond motifs is 8. The zero-order valence-electron chi connectivity index (χ0n) is 41.9. The molecule has 4 nitrogen and oxygen atoms in total. The topological polar surface area (TPSA) is 58.9 Å². The maximum absolute atomic E-state index is 12.6. The summed E-state index contributed by atoms with van der Waals surface area (Å²) in [4.78, 5) is 7.04. The molecule has 2 N–H and O–H groups in total. The van der Waals surface area contributed by atoms with Gasteiger partial charge in [0.15, 0.2) is 0 Å². The number of phenolic OH excluding ortho intramolecular Hbond substituents is 2. The summed E-state index contributed by atoms with van der Waals surface area (Å²) >= 11 is 6.36. The van der Waals surface area contributed by atoms with Crippen molar-refractivity contribution in [1.82, 2.24) is 0 Å². The van der Waals surface area contributed by atoms with Crippen LogP contribution < -0.4 is 9.47 Å². The van der Waals surface area contributed by atoms with Crippen molar-refractivity contribution in [2.45, 2.75) is 235 Å². The van der Waals surface area contributed by atoms with E-state index in [0.29, 0.717) is 13.2 Å². The quantitative estimate of drug-likeness (QED) is 0.0949. The first-order valence-electron chi connectivity index (χ1n) is 24.1. The maximum Gasteiger partial charge on any atom is 0.147 e. The second-order valence-electron chi connectivity index (χ2n) is 21.9. The number of benzene rings is 4. The number of ether oxygens (including phenoxy) is 2. The summed E-state index contributed by atoms with van der Waals surface area (Å²) in [6, 6.07) is 17.8. The lowest BCUT2D eigenvalue weighted by molar-refractivity contribution is 0.290. The smallest absolute Gasteiger partial charge is 0.147 e. The Bertz CT molecular complexity index is 1930. The fraction of sp³-hybridized carbons (Fsp3) is 0.571. The Kier molecular flexibility index (Phi) is 18.5. The third kappa shape index (κ3) is 14.2. The Labute approximate surface area is 406 Å². The van der Waals surface area contributed by atoms with Gasteiger partial charge in [0.25, 0.3) is 0 Å². The molecule has 0 radical (unpaired) electrons. The van der Waals surface area contributed by atoms with Crippen LogP contribution in [0, 0.1) is 0 Å². The number of hydrogen-bond acceptors (Lipinski definition) is 8. The van der Waals surface area contributed by atoms with E-state index in [1.165, 1.54) is 62.5 Å². The number of unbranched alkanes of at least 4 members (excludes halogenated alkanes) is 10. The summed E-state index contributed by atoms with van der Waals surface area (Å²) < 4.78 is 13.9. The van der Waals surface area contributed by atoms with Crippen LogP contribution in [0.15, 0.2) is 87.7 Å². The first-order valence-corrected chi connectivity index (χ1v) is 27.4. The van der Waals surface area contributed by atoms with Crippen molar-refractivity contribution in [1.29, 1.82) is 0 Å². The SMILES string of the molecule is CCCCCCCCOc1c2cc(C(C)(C)C)cc1Sc1cc(C(C)(C)C)cc(c1O)Sc1cc(C(C)(C)C)cc(c1OCCCCCCCC)Sc1cc(C(C)(C)C)cc(c1O)S2. The van der Waals surface area contributed by atoms with Gasteiger partial charge in [-0.05, 0) is 105 Å². The number of hydrogen-bond donors (Lipinski definition) is 2. The molecule has 8 bridgehead atoms. The zero-order chi connectivity index (χ0) is 47.0. The van der Waals surface area contributed by atoms with Gasteiger partial charge in [-0.3, -0.25) is 0 Å². The molecule has 4 aromatic carbocycles. The van der Waals surface area contributed by atoms with E-state index in [1.807, 2.05) is 0 Å². The van der Waals surface area contributed by atoms with Crippen molar-refractivity contribution in [2.75, 3.05) is 13.2 Å². The van der Waals surface area contributed by atoms with Gasteiger partial charge >= 0.3 is 0 Å². The number of aromatic hydroxyl groups is 2. The number of phenols is 2. The fourth-order valence-electron chi connectivity index (χ4n) is 7.54. The highest BCUT2D eigenvalue weighted by Crippen LogP contribution is 2.56. The van der Waals surface area contributed by atoms with Crippen LogP contribution in [0.3, 0.4) is 0 Å². The van der Waals surface area contributed by atoms with Crippen LogP contribution in [-0.2, 0) is 21.7 Å². The monoisotopic (exact) mass is 944 g/mol. The summed E-state index contributed by atoms with van der Waals surface area (Å²) in [5, 5.41) is 25.1. The average Bonchev–Trinajstić information content (AvgIpc) is 3.19. The Balaban J connectivity index is 1.81. The molecule has 0 fully saturated rings. The second kappa shape index (κ2) is 22.5. The fourth-order valence-corrected chi connectivity index (χ4v) is 12.1. The van der Waals surface area contributed by atoms with Gasteiger partial charge in [0.2, 0.25) is 0 Å². The molecule has 0 amide bonds. The number of rotatable bonds is 16. The van der Waals surface area contributed by atoms with Gasteiger partial charge < -0.3 is 19.7 Å². The summed E-state index contributed by atoms with van der Waals surface area (Å²) in [5.41, 5.74) is 3.94. The minimum Gasteiger partial charge on any atom is -0.506 e. The largest absolute Gasteiger partial charge is 0.506 e. The molecule has 5 rings (SSSR count). The molecule has 0 atom stereocenters. The van der Waals surface area contributed by atoms with Gasteiger partial charge in [-0.2, -0.15) is 0 Å². The minimum absolute atomic E-state index is 0.171. The van der Waals surface area contributed by atoms with Crippen molar-refractivity contribution in [3.8, 4) is 23.0 Å². The molecule has 0 saturated carbocycles. The summed E-state index contributed by atoms with van der Waals surface area (Å²) in [6.07, 6.45) is 14.1. The lowest BCUT2D eigenvalue weighted by atomic mass is 9.87. The van der Waals surface area contributed by atoms with E-state index in [2.05, 4.69) is 145 Å². The van der Waals surface area contributed by atoms with E-state index < -0.39 is 0 Å². The highest BCUT2D eigenvalue weighted by Gasteiger charge is 2.29. The van der Waals surface area contributed by atoms with Gasteiger partial charge in [-0.15, -0.1) is 0 Å². The first-order chi connectivity index (χ1) is 30.0. The molecule has 4 aromatic rings. The van der Waals surface area contributed by atoms with Gasteiger partial charge in [0.05, 0.1) is 52.4 Å². The van der Waals surface area contributed by atoms with Crippen LogP contribution in [0.1, 0.15) is 196 Å². The van der Waals surface area contributed by atoms with Crippen LogP contribution in [0.5, 0.6) is 23.0 Å². The molecule has 0 aliphatic carbocycles. The van der Waals surface area contributed by atoms with Gasteiger partial charge in [0, 0.05) is 0 Å². The standard InChI is InChI=1S/C56H80O4S4/c1-15-17-19-21-23-25-27-59-51-45-33-39(55(9,10)11)34-46(51)62-42-30-38(54(6,7)8)32-44(50(42)58)64-48-36-40(56(12,13)14)35-47(52(48)60-28-26-24-22-20-18-16-2)63-43-31-37(53(3,4)5)29-41(61-45)49(43)57/h29-36,57-58H,15-28H2,1-14H3. The summed E-state index contributed by atoms with van der Waals surface area (Å²) in [6.45, 7) is 32.7. The predicted octanol–water partition coefficient (Wildman–Crippen LogP) is 18.7. The third-order valence-corrected chi connectivity index (χ3v) is 16.2. The van der Waals surface area contributed by atoms with Crippen molar-refractivity contribution in [3.63, 3.8) is 0 Å². The molecular weight excluding hydrogens is 865 g/mol. The Morgan fingerprint density at radius 2 is 0.562 bits per heavy atom. The molecule has 8 heteroatoms. The highest BCUT2D eigenvalue weighted by atomic mass is 32.2. The van der Waals surface area contributed by atoms with Crippen LogP contribution in [0.2, 0.25) is 0 Å². The van der Waals surface area contributed by atoms with E-state index in [0.717, 1.165) is 87.5 Å². The molecule has 0 unspecified atom stereocenters. The average molecular weight is 946 g/mol. The molecule has 1 heterocycles. The van der Waals surface area contributed by atoms with Crippen molar-refractivity contribution in [2.24, 2.45) is 0 Å². The van der Waals surface area contributed by atoms with E-state index in [-0.39, 0.29) is 33.2 Å². The molecule has 352 valence electrons. The summed E-state index contributed by atoms with van der Waals surface area (Å²) in [5.74, 6) is 2.14. The zero-order valence-corrected chi connectivity index (χ0v) is 45.1. The van der Waals surface area contributed by atoms with Crippen LogP contribution in [0.4, 0.5) is 0 Å². The molecule has 1 aliphatic rings. The molecule has 1 aliphatic heterocycles. The molecule has 0 spiro atoms. The van der Waals surface area contributed by atoms with Crippen LogP contribution in [0.25, 0.3) is 0 Å². The Morgan fingerprint density at radius 3 is 0.797 bits per heavy atom. The maximum atomic E-state index is 12.6. The Morgan fingerprint density at radius 1 is 0.344 bits per heavy atom. The van der Waals surface area contributed by atoms with Gasteiger partial charge in [0.1, 0.15) is 23.0 Å². The predicted molar refractivity (Wildman–Crippen MR) is 278 cm³/mol. The molecule has 64 heavy (non-hydrogen) atoms. The Hall–Kier alpha value is -2.52. The van der Waals surface area contributed by atoms with E-state index in [9.17, 15) is 10.2 Å². The molecule has 0 aromatic heterocycles. The van der Waals surface area contributed by atoms with Crippen molar-refractivity contribution in [3.05, 3.63) is 70.8 Å². The highest BCUT2D eigenvalue weighted by molar-refractivity contribution is 8.01. The third-order valence-electron chi connectivity index (χ3n) is 12.0. The molecule has 0 saturated heterocycles. The van der Waals surface area contributed by atoms with E-state index >= 15 is 0 Å². The van der Waals surface area contributed by atoms with Crippen molar-refractivity contribution < 1.29 is 19.7 Å². The van der Waals surface area contributed by atoms with E-state index in [1.54, 1.807) is 47.0 Å². The minimum atomic E-state index is -0.180. The molecular formula is C56H80O4S4. The lowest BCUT2D eigenvalue weighted by Crippen LogP contribution is -2.13. The summed E-state index contributed by atoms with van der Waals surface area (Å²) in [7, 11) is 0. The lowest BCUT2D eigenvalue weighted by Gasteiger charge is -2.27. The van der Waals surface area contributed by atoms with Gasteiger partial charge in [-0.25, -0.2) is 0 Å².